The number of benzene rings is 1. The maximum Gasteiger partial charge on any atom is 0.229 e. The molecule has 0 saturated carbocycles. The quantitative estimate of drug-likeness (QED) is 0.566. The number of methoxy groups -OCH3 is 1. The van der Waals surface area contributed by atoms with Crippen LogP contribution in [-0.2, 0) is 9.53 Å². The summed E-state index contributed by atoms with van der Waals surface area (Å²) in [5.74, 6) is 3.90. The summed E-state index contributed by atoms with van der Waals surface area (Å²) in [6, 6.07) is 6.03. The standard InChI is InChI=1S/C18H20N6O.C2H2O.CH5N/c1-11-7-8-12(25-3)9-13(11)17-22-23-18(19-2)24(17)15-6-4-5-14-16(15)21-10-20-14;1-2-3;1-2/h4-6,8-11H,7H2,1-3H3,(H,19,23)(H,20,21);1H2;2H2,1H3. The highest BCUT2D eigenvalue weighted by Crippen LogP contribution is 2.34. The highest BCUT2D eigenvalue weighted by Gasteiger charge is 2.24. The fraction of sp³-hybridized carbons (Fsp3) is 0.286. The molecule has 0 aliphatic heterocycles. The Labute approximate surface area is 175 Å². The summed E-state index contributed by atoms with van der Waals surface area (Å²) in [5, 5.41) is 11.9. The Bertz CT molecular complexity index is 1070. The van der Waals surface area contributed by atoms with Crippen molar-refractivity contribution in [1.82, 2.24) is 24.7 Å². The molecule has 30 heavy (non-hydrogen) atoms. The number of nitrogens with one attached hydrogen (secondary N) is 2. The third-order valence-corrected chi connectivity index (χ3v) is 4.55. The van der Waals surface area contributed by atoms with E-state index in [9.17, 15) is 0 Å². The fourth-order valence-corrected chi connectivity index (χ4v) is 3.19. The Morgan fingerprint density at radius 1 is 1.37 bits per heavy atom. The smallest absolute Gasteiger partial charge is 0.229 e. The summed E-state index contributed by atoms with van der Waals surface area (Å²) >= 11 is 0. The Hall–Kier alpha value is -3.68. The van der Waals surface area contributed by atoms with Gasteiger partial charge in [-0.3, -0.25) is 4.57 Å². The zero-order valence-corrected chi connectivity index (χ0v) is 17.6. The third kappa shape index (κ3) is 4.48. The van der Waals surface area contributed by atoms with E-state index < -0.39 is 0 Å². The van der Waals surface area contributed by atoms with Crippen molar-refractivity contribution in [2.24, 2.45) is 11.7 Å². The maximum atomic E-state index is 8.57. The van der Waals surface area contributed by atoms with Crippen LogP contribution < -0.4 is 11.1 Å². The lowest BCUT2D eigenvalue weighted by Crippen LogP contribution is -2.11. The first-order valence-corrected chi connectivity index (χ1v) is 9.38. The molecule has 0 spiro atoms. The molecule has 0 saturated heterocycles. The molecule has 2 aromatic heterocycles. The molecular formula is C21H27N7O2. The minimum atomic E-state index is 0.324. The number of fused-ring (bicyclic) bond motifs is 1. The molecule has 0 amide bonds. The second-order valence-electron chi connectivity index (χ2n) is 6.20. The number of aromatic amines is 1. The number of allylic oxidation sites excluding steroid dienone is 3. The van der Waals surface area contributed by atoms with Crippen LogP contribution in [0.3, 0.4) is 0 Å². The summed E-state index contributed by atoms with van der Waals surface area (Å²) in [6.45, 7) is 4.86. The number of ether oxygens (including phenoxy) is 1. The number of carbonyl (C=O) groups excluding carboxylic acids is 1. The van der Waals surface area contributed by atoms with Crippen molar-refractivity contribution in [3.05, 3.63) is 54.8 Å². The number of nitrogens with two attached hydrogens (primary N) is 1. The van der Waals surface area contributed by atoms with Crippen LogP contribution in [0, 0.1) is 5.92 Å². The van der Waals surface area contributed by atoms with Crippen LogP contribution in [0.25, 0.3) is 22.3 Å². The third-order valence-electron chi connectivity index (χ3n) is 4.55. The SMILES string of the molecule is C=C=O.CN.CNc1nnc(C2=CC(OC)=CCC2C)n1-c1cccc2[nH]cnc12. The van der Waals surface area contributed by atoms with E-state index in [0.717, 1.165) is 40.3 Å². The number of anilines is 1. The van der Waals surface area contributed by atoms with Crippen molar-refractivity contribution in [1.29, 1.82) is 0 Å². The van der Waals surface area contributed by atoms with Gasteiger partial charge in [0.1, 0.15) is 17.2 Å². The summed E-state index contributed by atoms with van der Waals surface area (Å²) in [6.07, 6.45) is 6.75. The molecule has 0 bridgehead atoms. The van der Waals surface area contributed by atoms with E-state index >= 15 is 0 Å². The minimum Gasteiger partial charge on any atom is -0.497 e. The van der Waals surface area contributed by atoms with Gasteiger partial charge < -0.3 is 20.8 Å². The van der Waals surface area contributed by atoms with Gasteiger partial charge in [0.2, 0.25) is 5.95 Å². The van der Waals surface area contributed by atoms with Gasteiger partial charge >= 0.3 is 0 Å². The molecule has 3 aromatic rings. The summed E-state index contributed by atoms with van der Waals surface area (Å²) in [4.78, 5) is 16.2. The first-order chi connectivity index (χ1) is 14.6. The van der Waals surface area contributed by atoms with Crippen molar-refractivity contribution in [3.8, 4) is 5.69 Å². The van der Waals surface area contributed by atoms with Crippen LogP contribution in [0.5, 0.6) is 0 Å². The molecule has 1 unspecified atom stereocenters. The highest BCUT2D eigenvalue weighted by atomic mass is 16.5. The zero-order chi connectivity index (χ0) is 22.1. The predicted octanol–water partition coefficient (Wildman–Crippen LogP) is 2.72. The molecule has 4 N–H and O–H groups in total. The monoisotopic (exact) mass is 409 g/mol. The van der Waals surface area contributed by atoms with Gasteiger partial charge in [0.15, 0.2) is 5.82 Å². The van der Waals surface area contributed by atoms with Gasteiger partial charge in [-0.1, -0.05) is 13.0 Å². The number of hydrogen-bond donors (Lipinski definition) is 3. The Balaban J connectivity index is 0.000000590. The first kappa shape index (κ1) is 22.6. The number of nitrogens with zero attached hydrogens (tertiary/aromatic N) is 4. The summed E-state index contributed by atoms with van der Waals surface area (Å²) in [7, 11) is 5.03. The van der Waals surface area contributed by atoms with Crippen LogP contribution >= 0.6 is 0 Å². The summed E-state index contributed by atoms with van der Waals surface area (Å²) < 4.78 is 7.44. The number of rotatable bonds is 4. The van der Waals surface area contributed by atoms with Gasteiger partial charge in [0, 0.05) is 12.6 Å². The number of para-hydroxylation sites is 1. The average molecular weight is 409 g/mol. The summed E-state index contributed by atoms with van der Waals surface area (Å²) in [5.41, 5.74) is 8.39. The van der Waals surface area contributed by atoms with Crippen molar-refractivity contribution in [3.63, 3.8) is 0 Å². The highest BCUT2D eigenvalue weighted by molar-refractivity contribution is 5.85. The van der Waals surface area contributed by atoms with E-state index in [2.05, 4.69) is 50.8 Å². The molecular weight excluding hydrogens is 382 g/mol. The molecule has 2 heterocycles. The average Bonchev–Trinajstić information content (AvgIpc) is 3.43. The van der Waals surface area contributed by atoms with Crippen LogP contribution in [0.15, 0.2) is 49.0 Å². The van der Waals surface area contributed by atoms with Gasteiger partial charge in [-0.15, -0.1) is 10.2 Å². The molecule has 0 fully saturated rings. The molecule has 1 aliphatic carbocycles. The number of imidazole rings is 1. The van der Waals surface area contributed by atoms with E-state index in [1.807, 2.05) is 35.9 Å². The molecule has 1 aliphatic rings. The largest absolute Gasteiger partial charge is 0.497 e. The van der Waals surface area contributed by atoms with Crippen molar-refractivity contribution < 1.29 is 9.53 Å². The second kappa shape index (κ2) is 10.8. The Morgan fingerprint density at radius 2 is 2.10 bits per heavy atom. The fourth-order valence-electron chi connectivity index (χ4n) is 3.19. The van der Waals surface area contributed by atoms with Crippen molar-refractivity contribution >= 4 is 28.5 Å². The number of aromatic nitrogens is 5. The van der Waals surface area contributed by atoms with Gasteiger partial charge in [-0.25, -0.2) is 9.78 Å². The minimum absolute atomic E-state index is 0.324. The molecule has 1 atom stereocenters. The predicted molar refractivity (Wildman–Crippen MR) is 119 cm³/mol. The lowest BCUT2D eigenvalue weighted by Gasteiger charge is -2.20. The van der Waals surface area contributed by atoms with Crippen LogP contribution in [0.1, 0.15) is 19.2 Å². The van der Waals surface area contributed by atoms with Crippen LogP contribution in [0.4, 0.5) is 5.95 Å². The van der Waals surface area contributed by atoms with E-state index in [4.69, 9.17) is 9.53 Å². The van der Waals surface area contributed by atoms with Crippen LogP contribution in [0.2, 0.25) is 0 Å². The van der Waals surface area contributed by atoms with E-state index in [1.165, 1.54) is 13.0 Å². The van der Waals surface area contributed by atoms with Gasteiger partial charge in [0.25, 0.3) is 0 Å². The number of hydrogen-bond acceptors (Lipinski definition) is 7. The second-order valence-corrected chi connectivity index (χ2v) is 6.20. The van der Waals surface area contributed by atoms with E-state index in [0.29, 0.717) is 11.9 Å². The van der Waals surface area contributed by atoms with Crippen molar-refractivity contribution in [2.45, 2.75) is 13.3 Å². The van der Waals surface area contributed by atoms with Gasteiger partial charge in [-0.05, 0) is 50.3 Å². The topological polar surface area (TPSA) is 124 Å². The van der Waals surface area contributed by atoms with E-state index in [1.54, 1.807) is 13.4 Å². The molecule has 158 valence electrons. The lowest BCUT2D eigenvalue weighted by molar-refractivity contribution is 0.302. The molecule has 1 aromatic carbocycles. The van der Waals surface area contributed by atoms with Gasteiger partial charge in [-0.2, -0.15) is 0 Å². The molecule has 0 radical (unpaired) electrons. The van der Waals surface area contributed by atoms with Gasteiger partial charge in [0.05, 0.1) is 24.6 Å². The number of H-pyrrole nitrogens is 1. The Morgan fingerprint density at radius 3 is 2.77 bits per heavy atom. The zero-order valence-electron chi connectivity index (χ0n) is 17.6. The van der Waals surface area contributed by atoms with Crippen LogP contribution in [-0.4, -0.2) is 51.9 Å². The van der Waals surface area contributed by atoms with E-state index in [-0.39, 0.29) is 0 Å². The lowest BCUT2D eigenvalue weighted by atomic mass is 9.92. The maximum absolute atomic E-state index is 8.57. The Kier molecular flexibility index (Phi) is 8.10. The molecule has 9 heteroatoms. The van der Waals surface area contributed by atoms with Crippen molar-refractivity contribution in [2.75, 3.05) is 26.5 Å². The first-order valence-electron chi connectivity index (χ1n) is 9.38. The normalized spacial score (nSPS) is 14.9. The molecule has 9 nitrogen and oxygen atoms in total. The molecule has 4 rings (SSSR count).